The zero-order valence-corrected chi connectivity index (χ0v) is 10.5. The number of likely N-dealkylation sites (tertiary alicyclic amines) is 1. The van der Waals surface area contributed by atoms with E-state index in [1.165, 1.54) is 6.92 Å². The molecule has 1 saturated heterocycles. The van der Waals surface area contributed by atoms with Crippen LogP contribution in [0.3, 0.4) is 0 Å². The normalized spacial score (nSPS) is 18.9. The Hall–Kier alpha value is -0.610. The van der Waals surface area contributed by atoms with Gasteiger partial charge in [0.1, 0.15) is 0 Å². The van der Waals surface area contributed by atoms with Gasteiger partial charge in [-0.2, -0.15) is 0 Å². The fourth-order valence-corrected chi connectivity index (χ4v) is 1.03. The van der Waals surface area contributed by atoms with Crippen LogP contribution in [-0.4, -0.2) is 46.3 Å². The first kappa shape index (κ1) is 16.8. The van der Waals surface area contributed by atoms with Crippen LogP contribution in [0.1, 0.15) is 41.0 Å². The molecule has 1 atom stereocenters. The number of rotatable bonds is 0. The molecule has 4 heteroatoms. The van der Waals surface area contributed by atoms with Crippen molar-refractivity contribution >= 4 is 5.91 Å². The molecule has 1 fully saturated rings. The lowest BCUT2D eigenvalue weighted by Crippen LogP contribution is -2.26. The lowest BCUT2D eigenvalue weighted by Gasteiger charge is -2.10. The summed E-state index contributed by atoms with van der Waals surface area (Å²) in [5, 5.41) is 17.0. The van der Waals surface area contributed by atoms with Gasteiger partial charge in [0.25, 0.3) is 0 Å². The standard InChI is InChI=1S/C6H11NO2.C3H8O.C2H6/c1-5(8)7-3-2-6(9)4-7;1-3(2)4;1-2/h6,9H,2-4H2,1H3;3-4H,1-2H3;1-2H3. The third-order valence-electron chi connectivity index (χ3n) is 1.61. The Kier molecular flexibility index (Phi) is 11.1. The monoisotopic (exact) mass is 219 g/mol. The molecule has 0 bridgehead atoms. The van der Waals surface area contributed by atoms with E-state index in [0.717, 1.165) is 13.0 Å². The average Bonchev–Trinajstić information content (AvgIpc) is 2.54. The van der Waals surface area contributed by atoms with Gasteiger partial charge in [-0.05, 0) is 20.3 Å². The largest absolute Gasteiger partial charge is 0.394 e. The molecular weight excluding hydrogens is 194 g/mol. The van der Waals surface area contributed by atoms with Crippen LogP contribution < -0.4 is 0 Å². The fraction of sp³-hybridized carbons (Fsp3) is 0.909. The number of carbonyl (C=O) groups excluding carboxylic acids is 1. The summed E-state index contributed by atoms with van der Waals surface area (Å²) < 4.78 is 0. The molecule has 4 nitrogen and oxygen atoms in total. The molecule has 1 rings (SSSR count). The van der Waals surface area contributed by atoms with Crippen molar-refractivity contribution < 1.29 is 15.0 Å². The van der Waals surface area contributed by atoms with Gasteiger partial charge in [-0.3, -0.25) is 4.79 Å². The summed E-state index contributed by atoms with van der Waals surface area (Å²) in [7, 11) is 0. The molecule has 92 valence electrons. The molecule has 1 amide bonds. The number of nitrogens with zero attached hydrogens (tertiary/aromatic N) is 1. The van der Waals surface area contributed by atoms with Crippen molar-refractivity contribution in [2.45, 2.75) is 53.2 Å². The maximum atomic E-state index is 10.6. The Morgan fingerprint density at radius 3 is 1.93 bits per heavy atom. The van der Waals surface area contributed by atoms with E-state index in [-0.39, 0.29) is 18.1 Å². The van der Waals surface area contributed by atoms with Crippen LogP contribution in [-0.2, 0) is 4.79 Å². The van der Waals surface area contributed by atoms with Crippen molar-refractivity contribution in [3.63, 3.8) is 0 Å². The Morgan fingerprint density at radius 1 is 1.40 bits per heavy atom. The maximum absolute atomic E-state index is 10.6. The first-order chi connectivity index (χ1) is 6.93. The third-order valence-corrected chi connectivity index (χ3v) is 1.61. The molecule has 1 heterocycles. The van der Waals surface area contributed by atoms with Crippen molar-refractivity contribution in [1.82, 2.24) is 4.90 Å². The van der Waals surface area contributed by atoms with Crippen molar-refractivity contribution in [3.05, 3.63) is 0 Å². The molecule has 0 radical (unpaired) electrons. The van der Waals surface area contributed by atoms with Gasteiger partial charge >= 0.3 is 0 Å². The number of aliphatic hydroxyl groups excluding tert-OH is 2. The van der Waals surface area contributed by atoms with E-state index in [4.69, 9.17) is 10.2 Å². The zero-order valence-electron chi connectivity index (χ0n) is 10.5. The fourth-order valence-electron chi connectivity index (χ4n) is 1.03. The van der Waals surface area contributed by atoms with Crippen LogP contribution in [0.15, 0.2) is 0 Å². The molecule has 0 aromatic carbocycles. The van der Waals surface area contributed by atoms with Gasteiger partial charge in [0.15, 0.2) is 0 Å². The highest BCUT2D eigenvalue weighted by molar-refractivity contribution is 5.73. The van der Waals surface area contributed by atoms with Gasteiger partial charge in [-0.25, -0.2) is 0 Å². The van der Waals surface area contributed by atoms with Crippen LogP contribution in [0.2, 0.25) is 0 Å². The second-order valence-corrected chi connectivity index (χ2v) is 3.50. The maximum Gasteiger partial charge on any atom is 0.219 e. The molecule has 15 heavy (non-hydrogen) atoms. The average molecular weight is 219 g/mol. The zero-order chi connectivity index (χ0) is 12.4. The molecule has 0 aromatic rings. The predicted molar refractivity (Wildman–Crippen MR) is 61.6 cm³/mol. The van der Waals surface area contributed by atoms with E-state index in [1.54, 1.807) is 18.7 Å². The van der Waals surface area contributed by atoms with Crippen LogP contribution >= 0.6 is 0 Å². The van der Waals surface area contributed by atoms with Gasteiger partial charge in [-0.1, -0.05) is 13.8 Å². The van der Waals surface area contributed by atoms with E-state index in [1.807, 2.05) is 13.8 Å². The summed E-state index contributed by atoms with van der Waals surface area (Å²) in [4.78, 5) is 12.3. The topological polar surface area (TPSA) is 60.8 Å². The molecule has 2 N–H and O–H groups in total. The number of β-amino-alcohol motifs (C(OH)–C–C–N with tert-alkyl or cyclic N) is 1. The van der Waals surface area contributed by atoms with Crippen molar-refractivity contribution in [1.29, 1.82) is 0 Å². The molecule has 0 aromatic heterocycles. The van der Waals surface area contributed by atoms with E-state index in [9.17, 15) is 4.79 Å². The minimum atomic E-state index is -0.283. The van der Waals surface area contributed by atoms with E-state index < -0.39 is 0 Å². The smallest absolute Gasteiger partial charge is 0.219 e. The Bertz CT molecular complexity index is 157. The molecule has 1 unspecified atom stereocenters. The summed E-state index contributed by atoms with van der Waals surface area (Å²) in [6.07, 6.45) is 0.286. The number of hydrogen-bond donors (Lipinski definition) is 2. The lowest BCUT2D eigenvalue weighted by atomic mass is 10.3. The summed E-state index contributed by atoms with van der Waals surface area (Å²) in [5.74, 6) is 0.0616. The van der Waals surface area contributed by atoms with E-state index in [2.05, 4.69) is 0 Å². The Morgan fingerprint density at radius 2 is 1.80 bits per heavy atom. The van der Waals surface area contributed by atoms with Gasteiger partial charge < -0.3 is 15.1 Å². The number of amides is 1. The summed E-state index contributed by atoms with van der Waals surface area (Å²) in [5.41, 5.74) is 0. The van der Waals surface area contributed by atoms with Gasteiger partial charge in [0.05, 0.1) is 6.10 Å². The van der Waals surface area contributed by atoms with Crippen LogP contribution in [0.5, 0.6) is 0 Å². The lowest BCUT2D eigenvalue weighted by molar-refractivity contribution is -0.128. The Labute approximate surface area is 92.9 Å². The first-order valence-electron chi connectivity index (χ1n) is 5.55. The van der Waals surface area contributed by atoms with Crippen LogP contribution in [0.25, 0.3) is 0 Å². The van der Waals surface area contributed by atoms with Gasteiger partial charge in [0, 0.05) is 26.1 Å². The molecule has 1 aliphatic heterocycles. The molecule has 0 spiro atoms. The quantitative estimate of drug-likeness (QED) is 0.639. The van der Waals surface area contributed by atoms with Crippen molar-refractivity contribution in [3.8, 4) is 0 Å². The molecule has 1 aliphatic rings. The van der Waals surface area contributed by atoms with Crippen LogP contribution in [0, 0.1) is 0 Å². The molecular formula is C11H25NO3. The highest BCUT2D eigenvalue weighted by Gasteiger charge is 2.21. The number of aliphatic hydroxyl groups is 2. The summed E-state index contributed by atoms with van der Waals surface area (Å²) in [6, 6.07) is 0. The van der Waals surface area contributed by atoms with E-state index in [0.29, 0.717) is 6.54 Å². The van der Waals surface area contributed by atoms with E-state index >= 15 is 0 Å². The van der Waals surface area contributed by atoms with Crippen molar-refractivity contribution in [2.24, 2.45) is 0 Å². The first-order valence-corrected chi connectivity index (χ1v) is 5.55. The SMILES string of the molecule is CC.CC(=O)N1CCC(O)C1.CC(C)O. The highest BCUT2D eigenvalue weighted by Crippen LogP contribution is 2.07. The van der Waals surface area contributed by atoms with Gasteiger partial charge in [-0.15, -0.1) is 0 Å². The molecule has 0 saturated carbocycles. The minimum absolute atomic E-state index is 0.0616. The third kappa shape index (κ3) is 11.3. The number of carbonyl (C=O) groups is 1. The van der Waals surface area contributed by atoms with Gasteiger partial charge in [0.2, 0.25) is 5.91 Å². The summed E-state index contributed by atoms with van der Waals surface area (Å²) in [6.45, 7) is 10.2. The predicted octanol–water partition coefficient (Wildman–Crippen LogP) is 1.01. The highest BCUT2D eigenvalue weighted by atomic mass is 16.3. The number of hydrogen-bond acceptors (Lipinski definition) is 3. The molecule has 0 aliphatic carbocycles. The van der Waals surface area contributed by atoms with Crippen molar-refractivity contribution in [2.75, 3.05) is 13.1 Å². The minimum Gasteiger partial charge on any atom is -0.394 e. The second kappa shape index (κ2) is 9.93. The summed E-state index contributed by atoms with van der Waals surface area (Å²) >= 11 is 0. The van der Waals surface area contributed by atoms with Crippen LogP contribution in [0.4, 0.5) is 0 Å². The second-order valence-electron chi connectivity index (χ2n) is 3.50. The Balaban J connectivity index is 0.